The lowest BCUT2D eigenvalue weighted by Gasteiger charge is -2.13. The molecule has 0 spiro atoms. The molecule has 3 aromatic rings. The van der Waals surface area contributed by atoms with E-state index in [1.807, 2.05) is 41.8 Å². The van der Waals surface area contributed by atoms with Gasteiger partial charge in [-0.2, -0.15) is 0 Å². The van der Waals surface area contributed by atoms with Crippen molar-refractivity contribution in [3.63, 3.8) is 0 Å². The quantitative estimate of drug-likeness (QED) is 0.557. The molecule has 1 aromatic heterocycles. The molecule has 0 N–H and O–H groups in total. The Bertz CT molecular complexity index is 1070. The fourth-order valence-corrected chi connectivity index (χ4v) is 3.53. The van der Waals surface area contributed by atoms with E-state index in [2.05, 4.69) is 0 Å². The van der Waals surface area contributed by atoms with E-state index in [0.717, 1.165) is 23.1 Å². The van der Waals surface area contributed by atoms with Crippen molar-refractivity contribution in [2.45, 2.75) is 26.3 Å². The normalized spacial score (nSPS) is 11.0. The Balaban J connectivity index is 2.15. The summed E-state index contributed by atoms with van der Waals surface area (Å²) in [7, 11) is 1.27. The topological polar surface area (TPSA) is 48.3 Å². The summed E-state index contributed by atoms with van der Waals surface area (Å²) < 4.78 is 6.69. The smallest absolute Gasteiger partial charge is 0.343 e. The van der Waals surface area contributed by atoms with Crippen LogP contribution in [0.2, 0.25) is 10.0 Å². The van der Waals surface area contributed by atoms with Crippen LogP contribution in [-0.4, -0.2) is 17.6 Å². The van der Waals surface area contributed by atoms with Crippen molar-refractivity contribution in [1.29, 1.82) is 0 Å². The lowest BCUT2D eigenvalue weighted by Crippen LogP contribution is -2.20. The van der Waals surface area contributed by atoms with Gasteiger partial charge < -0.3 is 9.30 Å². The van der Waals surface area contributed by atoms with Crippen LogP contribution in [0.15, 0.2) is 47.4 Å². The number of aromatic nitrogens is 1. The van der Waals surface area contributed by atoms with E-state index >= 15 is 0 Å². The van der Waals surface area contributed by atoms with Crippen molar-refractivity contribution in [3.8, 4) is 0 Å². The van der Waals surface area contributed by atoms with Gasteiger partial charge in [-0.15, -0.1) is 0 Å². The second kappa shape index (κ2) is 8.15. The predicted octanol–water partition coefficient (Wildman–Crippen LogP) is 5.10. The Morgan fingerprint density at radius 2 is 1.96 bits per heavy atom. The molecule has 0 unspecified atom stereocenters. The van der Waals surface area contributed by atoms with Crippen molar-refractivity contribution in [2.75, 3.05) is 7.11 Å². The van der Waals surface area contributed by atoms with Crippen LogP contribution >= 0.6 is 23.2 Å². The molecule has 0 saturated heterocycles. The zero-order chi connectivity index (χ0) is 19.6. The van der Waals surface area contributed by atoms with Crippen molar-refractivity contribution < 1.29 is 9.53 Å². The third kappa shape index (κ3) is 3.87. The summed E-state index contributed by atoms with van der Waals surface area (Å²) in [5, 5.41) is 1.49. The van der Waals surface area contributed by atoms with Crippen molar-refractivity contribution in [1.82, 2.24) is 4.57 Å². The van der Waals surface area contributed by atoms with Crippen molar-refractivity contribution in [2.24, 2.45) is 0 Å². The first-order chi connectivity index (χ1) is 13.0. The number of hydrogen-bond donors (Lipinski definition) is 0. The van der Waals surface area contributed by atoms with Gasteiger partial charge in [0.05, 0.1) is 22.7 Å². The summed E-state index contributed by atoms with van der Waals surface area (Å²) in [4.78, 5) is 24.9. The van der Waals surface area contributed by atoms with Crippen LogP contribution in [0, 0.1) is 0 Å². The average molecular weight is 404 g/mol. The van der Waals surface area contributed by atoms with Gasteiger partial charge in [0.1, 0.15) is 5.56 Å². The molecule has 0 fully saturated rings. The van der Waals surface area contributed by atoms with Crippen LogP contribution in [-0.2, 0) is 17.7 Å². The number of carbonyl (C=O) groups excluding carboxylic acids is 1. The summed E-state index contributed by atoms with van der Waals surface area (Å²) in [5.41, 5.74) is 2.28. The molecular weight excluding hydrogens is 385 g/mol. The van der Waals surface area contributed by atoms with Crippen molar-refractivity contribution in [3.05, 3.63) is 79.6 Å². The third-order valence-electron chi connectivity index (χ3n) is 4.44. The van der Waals surface area contributed by atoms with Gasteiger partial charge in [0.15, 0.2) is 0 Å². The molecule has 0 radical (unpaired) electrons. The number of benzene rings is 2. The number of esters is 1. The summed E-state index contributed by atoms with van der Waals surface area (Å²) in [6.07, 6.45) is 2.98. The number of rotatable bonds is 5. The molecule has 27 heavy (non-hydrogen) atoms. The molecule has 0 aliphatic heterocycles. The van der Waals surface area contributed by atoms with Gasteiger partial charge >= 0.3 is 5.97 Å². The molecule has 0 aliphatic rings. The highest BCUT2D eigenvalue weighted by atomic mass is 35.5. The number of carbonyl (C=O) groups is 1. The van der Waals surface area contributed by atoms with Gasteiger partial charge in [0.2, 0.25) is 5.43 Å². The van der Waals surface area contributed by atoms with E-state index < -0.39 is 5.97 Å². The molecule has 6 heteroatoms. The maximum absolute atomic E-state index is 12.8. The largest absolute Gasteiger partial charge is 0.465 e. The van der Waals surface area contributed by atoms with E-state index in [9.17, 15) is 9.59 Å². The number of nitrogens with zero attached hydrogens (tertiary/aromatic N) is 1. The highest BCUT2D eigenvalue weighted by Crippen LogP contribution is 2.28. The standard InChI is InChI=1S/C21H19Cl2NO3/c1-3-9-24-12-16(21(26)27-2)20(25)15-11-13(7-8-18(15)24)10-14-5-4-6-17(22)19(14)23/h4-8,11-12H,3,9-10H2,1-2H3. The molecule has 3 rings (SSSR count). The Morgan fingerprint density at radius 3 is 2.67 bits per heavy atom. The average Bonchev–Trinajstić information content (AvgIpc) is 2.67. The van der Waals surface area contributed by atoms with E-state index in [-0.39, 0.29) is 11.0 Å². The summed E-state index contributed by atoms with van der Waals surface area (Å²) in [6.45, 7) is 2.73. The fourth-order valence-electron chi connectivity index (χ4n) is 3.14. The number of pyridine rings is 1. The minimum absolute atomic E-state index is 0.0383. The zero-order valence-electron chi connectivity index (χ0n) is 15.1. The van der Waals surface area contributed by atoms with Crippen LogP contribution in [0.5, 0.6) is 0 Å². The SMILES string of the molecule is CCCn1cc(C(=O)OC)c(=O)c2cc(Cc3cccc(Cl)c3Cl)ccc21. The second-order valence-corrected chi connectivity index (χ2v) is 7.08. The first kappa shape index (κ1) is 19.5. The highest BCUT2D eigenvalue weighted by molar-refractivity contribution is 6.42. The Labute approximate surface area is 167 Å². The van der Waals surface area contributed by atoms with Crippen LogP contribution in [0.1, 0.15) is 34.8 Å². The second-order valence-electron chi connectivity index (χ2n) is 6.30. The van der Waals surface area contributed by atoms with Crippen LogP contribution < -0.4 is 5.43 Å². The molecule has 4 nitrogen and oxygen atoms in total. The van der Waals surface area contributed by atoms with E-state index in [4.69, 9.17) is 27.9 Å². The lowest BCUT2D eigenvalue weighted by molar-refractivity contribution is 0.0598. The van der Waals surface area contributed by atoms with E-state index in [0.29, 0.717) is 28.4 Å². The number of ether oxygens (including phenoxy) is 1. The Morgan fingerprint density at radius 1 is 1.19 bits per heavy atom. The van der Waals surface area contributed by atoms with Crippen molar-refractivity contribution >= 4 is 40.1 Å². The summed E-state index contributed by atoms with van der Waals surface area (Å²) in [6, 6.07) is 11.2. The maximum Gasteiger partial charge on any atom is 0.343 e. The molecule has 0 aliphatic carbocycles. The van der Waals surface area contributed by atoms with Crippen LogP contribution in [0.3, 0.4) is 0 Å². The highest BCUT2D eigenvalue weighted by Gasteiger charge is 2.16. The molecular formula is C21H19Cl2NO3. The molecule has 0 atom stereocenters. The first-order valence-electron chi connectivity index (χ1n) is 8.63. The molecule has 1 heterocycles. The fraction of sp³-hybridized carbons (Fsp3) is 0.238. The van der Waals surface area contributed by atoms with Crippen LogP contribution in [0.25, 0.3) is 10.9 Å². The number of aryl methyl sites for hydroxylation is 1. The number of methoxy groups -OCH3 is 1. The summed E-state index contributed by atoms with van der Waals surface area (Å²) in [5.74, 6) is -0.630. The monoisotopic (exact) mass is 403 g/mol. The van der Waals surface area contributed by atoms with Gasteiger partial charge in [-0.25, -0.2) is 4.79 Å². The molecule has 0 amide bonds. The third-order valence-corrected chi connectivity index (χ3v) is 5.30. The van der Waals surface area contributed by atoms with Crippen LogP contribution in [0.4, 0.5) is 0 Å². The lowest BCUT2D eigenvalue weighted by atomic mass is 10.0. The molecule has 140 valence electrons. The predicted molar refractivity (Wildman–Crippen MR) is 109 cm³/mol. The van der Waals surface area contributed by atoms with Gasteiger partial charge in [0, 0.05) is 18.1 Å². The number of fused-ring (bicyclic) bond motifs is 1. The first-order valence-corrected chi connectivity index (χ1v) is 9.39. The Hall–Kier alpha value is -2.30. The number of halogens is 2. The molecule has 0 saturated carbocycles. The van der Waals surface area contributed by atoms with Gasteiger partial charge in [0.25, 0.3) is 0 Å². The van der Waals surface area contributed by atoms with Gasteiger partial charge in [-0.1, -0.05) is 48.3 Å². The van der Waals surface area contributed by atoms with Gasteiger partial charge in [-0.05, 0) is 42.2 Å². The maximum atomic E-state index is 12.8. The molecule has 0 bridgehead atoms. The van der Waals surface area contributed by atoms with Gasteiger partial charge in [-0.3, -0.25) is 4.79 Å². The van der Waals surface area contributed by atoms with E-state index in [1.165, 1.54) is 7.11 Å². The minimum Gasteiger partial charge on any atom is -0.465 e. The minimum atomic E-state index is -0.630. The van der Waals surface area contributed by atoms with E-state index in [1.54, 1.807) is 12.3 Å². The Kier molecular flexibility index (Phi) is 5.88. The zero-order valence-corrected chi connectivity index (χ0v) is 16.6. The molecule has 2 aromatic carbocycles. The number of hydrogen-bond acceptors (Lipinski definition) is 3. The summed E-state index contributed by atoms with van der Waals surface area (Å²) >= 11 is 12.4.